The predicted molar refractivity (Wildman–Crippen MR) is 93.5 cm³/mol. The lowest BCUT2D eigenvalue weighted by atomic mass is 10.1. The molecule has 0 N–H and O–H groups in total. The Morgan fingerprint density at radius 3 is 1.26 bits per heavy atom. The van der Waals surface area contributed by atoms with Crippen molar-refractivity contribution < 1.29 is 0 Å². The van der Waals surface area contributed by atoms with Gasteiger partial charge in [-0.25, -0.2) is 0 Å². The van der Waals surface area contributed by atoms with Gasteiger partial charge in [0.05, 0.1) is 37.6 Å². The van der Waals surface area contributed by atoms with Gasteiger partial charge in [0.15, 0.2) is 0 Å². The summed E-state index contributed by atoms with van der Waals surface area (Å²) in [5.74, 6) is 0.538. The monoisotopic (exact) mass is 448 g/mol. The lowest BCUT2D eigenvalue weighted by Gasteiger charge is -2.30. The fourth-order valence-electron chi connectivity index (χ4n) is 1.27. The molecule has 7 unspecified atom stereocenters. The molecule has 0 spiro atoms. The van der Waals surface area contributed by atoms with Crippen LogP contribution in [-0.4, -0.2) is 49.4 Å². The van der Waals surface area contributed by atoms with Crippen LogP contribution in [0, 0.1) is 0 Å². The first kappa shape index (κ1) is 21.6. The Kier molecular flexibility index (Phi) is 12.7. The zero-order valence-electron chi connectivity index (χ0n) is 9.56. The van der Waals surface area contributed by atoms with Gasteiger partial charge >= 0.3 is 0 Å². The normalized spacial score (nSPS) is 23.2. The molecule has 0 nitrogen and oxygen atoms in total. The van der Waals surface area contributed by atoms with Gasteiger partial charge in [-0.05, 0) is 6.42 Å². The topological polar surface area (TPSA) is 0 Å². The van der Waals surface area contributed by atoms with Crippen LogP contribution in [0.3, 0.4) is 0 Å². The van der Waals surface area contributed by atoms with Gasteiger partial charge in [0, 0.05) is 11.8 Å². The second-order valence-electron chi connectivity index (χ2n) is 3.89. The van der Waals surface area contributed by atoms with E-state index in [1.54, 1.807) is 0 Å². The van der Waals surface area contributed by atoms with E-state index in [1.165, 1.54) is 0 Å². The summed E-state index contributed by atoms with van der Waals surface area (Å²) >= 11 is 54.0. The Hall–Kier alpha value is 2.61. The van der Waals surface area contributed by atoms with Crippen LogP contribution >= 0.6 is 104 Å². The van der Waals surface area contributed by atoms with Gasteiger partial charge in [0.1, 0.15) is 0 Å². The summed E-state index contributed by atoms with van der Waals surface area (Å²) < 4.78 is 0. The third kappa shape index (κ3) is 7.14. The van der Waals surface area contributed by atoms with Gasteiger partial charge < -0.3 is 0 Å². The highest BCUT2D eigenvalue weighted by molar-refractivity contribution is 6.42. The molecule has 0 aromatic rings. The summed E-state index contributed by atoms with van der Waals surface area (Å²) in [5, 5.41) is -4.19. The molecule has 19 heavy (non-hydrogen) atoms. The van der Waals surface area contributed by atoms with Gasteiger partial charge in [-0.1, -0.05) is 0 Å². The summed E-state index contributed by atoms with van der Waals surface area (Å²) in [6, 6.07) is 0. The minimum Gasteiger partial charge on any atom is -0.127 e. The zero-order valence-corrected chi connectivity index (χ0v) is 16.4. The fraction of sp³-hybridized carbons (Fsp3) is 1.00. The van der Waals surface area contributed by atoms with Crippen LogP contribution in [0.1, 0.15) is 6.42 Å². The first-order chi connectivity index (χ1) is 8.77. The van der Waals surface area contributed by atoms with Crippen molar-refractivity contribution in [3.05, 3.63) is 0 Å². The Labute approximate surface area is 159 Å². The molecular formula is C10H13Cl9. The Morgan fingerprint density at radius 1 is 0.526 bits per heavy atom. The maximum absolute atomic E-state index is 6.19. The largest absolute Gasteiger partial charge is 0.127 e. The average molecular weight is 452 g/mol. The summed E-state index contributed by atoms with van der Waals surface area (Å²) in [4.78, 5) is 0. The van der Waals surface area contributed by atoms with Gasteiger partial charge in [0.25, 0.3) is 0 Å². The van der Waals surface area contributed by atoms with Crippen molar-refractivity contribution in [1.82, 2.24) is 0 Å². The highest BCUT2D eigenvalue weighted by Gasteiger charge is 2.38. The predicted octanol–water partition coefficient (Wildman–Crippen LogP) is 6.11. The number of halogens is 9. The Balaban J connectivity index is 4.57. The third-order valence-corrected chi connectivity index (χ3v) is 7.62. The second-order valence-corrected chi connectivity index (χ2v) is 8.21. The summed E-state index contributed by atoms with van der Waals surface area (Å²) in [6.07, 6.45) is 0.515. The van der Waals surface area contributed by atoms with E-state index in [1.807, 2.05) is 0 Å². The number of alkyl halides is 9. The lowest BCUT2D eigenvalue weighted by Crippen LogP contribution is -2.42. The molecule has 0 amide bonds. The van der Waals surface area contributed by atoms with E-state index in [-0.39, 0.29) is 5.88 Å². The van der Waals surface area contributed by atoms with E-state index < -0.39 is 37.6 Å². The standard InChI is InChI=1S/C10H13Cl9/c11-2-1-4(13)6(15)8(17)10(19)9(18)7(16)5(14)3-12/h4-10H,1-3H2. The molecule has 9 heteroatoms. The molecule has 0 heterocycles. The van der Waals surface area contributed by atoms with Crippen LogP contribution in [0.5, 0.6) is 0 Å². The van der Waals surface area contributed by atoms with Crippen molar-refractivity contribution in [2.75, 3.05) is 11.8 Å². The van der Waals surface area contributed by atoms with Gasteiger partial charge in [-0.2, -0.15) is 0 Å². The number of hydrogen-bond donors (Lipinski definition) is 0. The van der Waals surface area contributed by atoms with Crippen molar-refractivity contribution in [3.63, 3.8) is 0 Å². The lowest BCUT2D eigenvalue weighted by molar-refractivity contribution is 0.621. The van der Waals surface area contributed by atoms with E-state index >= 15 is 0 Å². The van der Waals surface area contributed by atoms with Crippen LogP contribution in [0.15, 0.2) is 0 Å². The first-order valence-corrected chi connectivity index (χ1v) is 9.50. The molecule has 0 saturated heterocycles. The molecule has 0 bridgehead atoms. The quantitative estimate of drug-likeness (QED) is 0.371. The average Bonchev–Trinajstić information content (AvgIpc) is 2.42. The maximum atomic E-state index is 6.19. The van der Waals surface area contributed by atoms with Crippen LogP contribution < -0.4 is 0 Å². The molecule has 0 rings (SSSR count). The molecule has 0 fully saturated rings. The highest BCUT2D eigenvalue weighted by Crippen LogP contribution is 2.33. The Bertz CT molecular complexity index is 239. The van der Waals surface area contributed by atoms with E-state index in [2.05, 4.69) is 0 Å². The molecule has 0 aromatic carbocycles. The fourth-order valence-corrected chi connectivity index (χ4v) is 4.21. The van der Waals surface area contributed by atoms with Crippen LogP contribution in [0.25, 0.3) is 0 Å². The third-order valence-electron chi connectivity index (χ3n) is 2.44. The van der Waals surface area contributed by atoms with Crippen molar-refractivity contribution >= 4 is 104 Å². The molecule has 116 valence electrons. The van der Waals surface area contributed by atoms with Crippen molar-refractivity contribution in [1.29, 1.82) is 0 Å². The first-order valence-electron chi connectivity index (χ1n) is 5.38. The smallest absolute Gasteiger partial charge is 0.0693 e. The number of rotatable bonds is 9. The van der Waals surface area contributed by atoms with Crippen molar-refractivity contribution in [2.45, 2.75) is 44.1 Å². The molecule has 7 atom stereocenters. The number of hydrogen-bond acceptors (Lipinski definition) is 0. The van der Waals surface area contributed by atoms with Crippen LogP contribution in [0.4, 0.5) is 0 Å². The molecule has 0 aliphatic heterocycles. The van der Waals surface area contributed by atoms with E-state index in [4.69, 9.17) is 104 Å². The van der Waals surface area contributed by atoms with E-state index in [9.17, 15) is 0 Å². The van der Waals surface area contributed by atoms with Gasteiger partial charge in [-0.3, -0.25) is 0 Å². The molecular weight excluding hydrogens is 439 g/mol. The molecule has 0 aromatic heterocycles. The SMILES string of the molecule is ClCCC(Cl)C(Cl)C(Cl)C(Cl)C(Cl)C(Cl)C(Cl)CCl. The van der Waals surface area contributed by atoms with E-state index in [0.717, 1.165) is 0 Å². The van der Waals surface area contributed by atoms with E-state index in [0.29, 0.717) is 12.3 Å². The summed E-state index contributed by atoms with van der Waals surface area (Å²) in [6.45, 7) is 0. The molecule has 0 aliphatic carbocycles. The second kappa shape index (κ2) is 11.2. The molecule has 0 radical (unpaired) electrons. The minimum absolute atomic E-state index is 0.157. The summed E-state index contributed by atoms with van der Waals surface area (Å²) in [5.41, 5.74) is 0. The minimum atomic E-state index is -0.700. The zero-order chi connectivity index (χ0) is 15.2. The van der Waals surface area contributed by atoms with Crippen LogP contribution in [0.2, 0.25) is 0 Å². The summed E-state index contributed by atoms with van der Waals surface area (Å²) in [7, 11) is 0. The van der Waals surface area contributed by atoms with Crippen molar-refractivity contribution in [3.8, 4) is 0 Å². The highest BCUT2D eigenvalue weighted by atomic mass is 35.5. The van der Waals surface area contributed by atoms with Crippen molar-refractivity contribution in [2.24, 2.45) is 0 Å². The maximum Gasteiger partial charge on any atom is 0.0693 e. The van der Waals surface area contributed by atoms with Gasteiger partial charge in [-0.15, -0.1) is 104 Å². The molecule has 0 aliphatic rings. The Morgan fingerprint density at radius 2 is 0.895 bits per heavy atom. The van der Waals surface area contributed by atoms with Gasteiger partial charge in [0.2, 0.25) is 0 Å². The molecule has 0 saturated carbocycles. The van der Waals surface area contributed by atoms with Crippen LogP contribution in [-0.2, 0) is 0 Å².